The number of hydrogen-bond donors (Lipinski definition) is 2. The van der Waals surface area contributed by atoms with E-state index >= 15 is 0 Å². The Balaban J connectivity index is -0.000000140. The van der Waals surface area contributed by atoms with E-state index in [1.54, 1.807) is 26.0 Å². The van der Waals surface area contributed by atoms with Gasteiger partial charge in [-0.1, -0.05) is 26.0 Å². The number of hydrogen-bond acceptors (Lipinski definition) is 2. The molecule has 0 aromatic carbocycles. The molecule has 0 aliphatic carbocycles. The first-order valence-corrected chi connectivity index (χ1v) is 4.31. The third kappa shape index (κ3) is 34.5. The maximum atomic E-state index is 8.43. The van der Waals surface area contributed by atoms with Crippen LogP contribution in [0.4, 0.5) is 0 Å². The number of allylic oxidation sites excluding steroid dienone is 2. The molecule has 0 radical (unpaired) electrons. The Kier molecular flexibility index (Phi) is 19.6. The molecule has 0 aromatic heterocycles. The molecule has 0 saturated carbocycles. The van der Waals surface area contributed by atoms with Gasteiger partial charge in [-0.2, -0.15) is 0 Å². The topological polar surface area (TPSA) is 40.5 Å². The lowest BCUT2D eigenvalue weighted by molar-refractivity contribution is 0.0857. The highest BCUT2D eigenvalue weighted by Crippen LogP contribution is 2.10. The van der Waals surface area contributed by atoms with Crippen molar-refractivity contribution >= 4 is 0 Å². The second-order valence-electron chi connectivity index (χ2n) is 3.30. The molecule has 0 bridgehead atoms. The molecule has 0 atom stereocenters. The van der Waals surface area contributed by atoms with Gasteiger partial charge in [0.25, 0.3) is 0 Å². The quantitative estimate of drug-likeness (QED) is 0.653. The van der Waals surface area contributed by atoms with Gasteiger partial charge in [-0.3, -0.25) is 0 Å². The summed E-state index contributed by atoms with van der Waals surface area (Å²) in [6.45, 7) is 14.2. The molecule has 0 heterocycles. The molecule has 13 heavy (non-hydrogen) atoms. The Bertz CT molecular complexity index is 94.7. The lowest BCUT2D eigenvalue weighted by Gasteiger charge is -2.16. The molecule has 0 saturated heterocycles. The summed E-state index contributed by atoms with van der Waals surface area (Å²) in [5, 5.41) is 16.9. The lowest BCUT2D eigenvalue weighted by Crippen LogP contribution is -2.20. The third-order valence-electron chi connectivity index (χ3n) is 0.856. The molecule has 0 amide bonds. The molecular formula is C11H24O2. The average molecular weight is 188 g/mol. The van der Waals surface area contributed by atoms with Gasteiger partial charge in [0.05, 0.1) is 13.2 Å². The summed E-state index contributed by atoms with van der Waals surface area (Å²) in [6, 6.07) is 0. The number of aliphatic hydroxyl groups is 2. The molecule has 0 unspecified atom stereocenters. The highest BCUT2D eigenvalue weighted by atomic mass is 16.3. The van der Waals surface area contributed by atoms with Crippen molar-refractivity contribution in [2.24, 2.45) is 5.41 Å². The molecule has 2 N–H and O–H groups in total. The Morgan fingerprint density at radius 2 is 1.15 bits per heavy atom. The Morgan fingerprint density at radius 3 is 1.15 bits per heavy atom. The molecule has 80 valence electrons. The zero-order valence-corrected chi connectivity index (χ0v) is 9.38. The summed E-state index contributed by atoms with van der Waals surface area (Å²) in [7, 11) is 0. The van der Waals surface area contributed by atoms with Crippen LogP contribution in [-0.4, -0.2) is 23.4 Å². The minimum atomic E-state index is -0.306. The monoisotopic (exact) mass is 188 g/mol. The lowest BCUT2D eigenvalue weighted by atomic mass is 9.97. The predicted octanol–water partition coefficient (Wildman–Crippen LogP) is 2.38. The van der Waals surface area contributed by atoms with Gasteiger partial charge < -0.3 is 10.2 Å². The van der Waals surface area contributed by atoms with Crippen molar-refractivity contribution in [2.75, 3.05) is 13.2 Å². The van der Waals surface area contributed by atoms with E-state index in [-0.39, 0.29) is 18.6 Å². The fourth-order valence-electron chi connectivity index (χ4n) is 0.0500. The highest BCUT2D eigenvalue weighted by Gasteiger charge is 2.13. The van der Waals surface area contributed by atoms with Gasteiger partial charge in [0, 0.05) is 5.41 Å². The third-order valence-corrected chi connectivity index (χ3v) is 0.856. The van der Waals surface area contributed by atoms with Crippen LogP contribution in [0.5, 0.6) is 0 Å². The smallest absolute Gasteiger partial charge is 0.0504 e. The van der Waals surface area contributed by atoms with E-state index in [9.17, 15) is 0 Å². The summed E-state index contributed by atoms with van der Waals surface area (Å²) in [6.07, 6.45) is 3.50. The zero-order chi connectivity index (χ0) is 11.3. The second-order valence-corrected chi connectivity index (χ2v) is 3.30. The molecule has 2 heteroatoms. The van der Waals surface area contributed by atoms with Gasteiger partial charge in [0.2, 0.25) is 0 Å². The van der Waals surface area contributed by atoms with Crippen molar-refractivity contribution in [3.8, 4) is 0 Å². The zero-order valence-electron chi connectivity index (χ0n) is 9.38. The summed E-state index contributed by atoms with van der Waals surface area (Å²) >= 11 is 0. The van der Waals surface area contributed by atoms with Crippen molar-refractivity contribution in [3.63, 3.8) is 0 Å². The second kappa shape index (κ2) is 14.0. The van der Waals surface area contributed by atoms with Crippen LogP contribution < -0.4 is 0 Å². The van der Waals surface area contributed by atoms with E-state index < -0.39 is 0 Å². The van der Waals surface area contributed by atoms with Crippen molar-refractivity contribution in [2.45, 2.75) is 27.7 Å². The van der Waals surface area contributed by atoms with Crippen LogP contribution in [0.15, 0.2) is 25.3 Å². The maximum absolute atomic E-state index is 8.43. The maximum Gasteiger partial charge on any atom is 0.0504 e. The first-order chi connectivity index (χ1) is 5.95. The Hall–Kier alpha value is -0.600. The van der Waals surface area contributed by atoms with Crippen molar-refractivity contribution in [1.82, 2.24) is 0 Å². The van der Waals surface area contributed by atoms with Gasteiger partial charge in [0.1, 0.15) is 0 Å². The van der Waals surface area contributed by atoms with Crippen LogP contribution in [0.3, 0.4) is 0 Å². The molecule has 0 aromatic rings. The molecular weight excluding hydrogens is 164 g/mol. The first kappa shape index (κ1) is 18.2. The van der Waals surface area contributed by atoms with Gasteiger partial charge in [-0.25, -0.2) is 0 Å². The summed E-state index contributed by atoms with van der Waals surface area (Å²) < 4.78 is 0. The van der Waals surface area contributed by atoms with Crippen LogP contribution >= 0.6 is 0 Å². The molecule has 2 nitrogen and oxygen atoms in total. The van der Waals surface area contributed by atoms with Gasteiger partial charge >= 0.3 is 0 Å². The van der Waals surface area contributed by atoms with Crippen LogP contribution in [0, 0.1) is 5.41 Å². The molecule has 0 rings (SSSR count). The van der Waals surface area contributed by atoms with E-state index in [0.29, 0.717) is 0 Å². The number of rotatable bonds is 2. The summed E-state index contributed by atoms with van der Waals surface area (Å²) in [5.41, 5.74) is -0.306. The molecule has 0 fully saturated rings. The van der Waals surface area contributed by atoms with E-state index in [4.69, 9.17) is 10.2 Å². The first-order valence-electron chi connectivity index (χ1n) is 4.31. The summed E-state index contributed by atoms with van der Waals surface area (Å²) in [5.74, 6) is 0. The minimum Gasteiger partial charge on any atom is -0.396 e. The van der Waals surface area contributed by atoms with Crippen molar-refractivity contribution in [3.05, 3.63) is 25.3 Å². The molecule has 0 spiro atoms. The van der Waals surface area contributed by atoms with Gasteiger partial charge in [-0.05, 0) is 13.8 Å². The molecule has 0 aliphatic rings. The van der Waals surface area contributed by atoms with Crippen LogP contribution in [0.1, 0.15) is 27.7 Å². The van der Waals surface area contributed by atoms with E-state index in [1.165, 1.54) is 0 Å². The average Bonchev–Trinajstić information content (AvgIpc) is 2.08. The summed E-state index contributed by atoms with van der Waals surface area (Å²) in [4.78, 5) is 0. The van der Waals surface area contributed by atoms with Crippen LogP contribution in [0.25, 0.3) is 0 Å². The van der Waals surface area contributed by atoms with Crippen LogP contribution in [0.2, 0.25) is 0 Å². The minimum absolute atomic E-state index is 0.0451. The van der Waals surface area contributed by atoms with Crippen molar-refractivity contribution in [1.29, 1.82) is 0 Å². The van der Waals surface area contributed by atoms with E-state index in [0.717, 1.165) is 0 Å². The molecule has 0 aliphatic heterocycles. The van der Waals surface area contributed by atoms with E-state index in [1.807, 2.05) is 13.8 Å². The number of aliphatic hydroxyl groups excluding tert-OH is 2. The Morgan fingerprint density at radius 1 is 1.00 bits per heavy atom. The normalized spacial score (nSPS) is 8.46. The largest absolute Gasteiger partial charge is 0.396 e. The standard InChI is InChI=1S/C5H12O2.2C3H6/c1-5(2,3-6)4-7;2*1-3-2/h6-7H,3-4H2,1-2H3;2*3H,1H2,2H3. The van der Waals surface area contributed by atoms with Crippen LogP contribution in [-0.2, 0) is 0 Å². The van der Waals surface area contributed by atoms with Gasteiger partial charge in [0.15, 0.2) is 0 Å². The fraction of sp³-hybridized carbons (Fsp3) is 0.636. The predicted molar refractivity (Wildman–Crippen MR) is 59.7 cm³/mol. The van der Waals surface area contributed by atoms with Gasteiger partial charge in [-0.15, -0.1) is 13.2 Å². The fourth-order valence-corrected chi connectivity index (χ4v) is 0.0500. The SMILES string of the molecule is C=CC.C=CC.CC(C)(CO)CO. The van der Waals surface area contributed by atoms with E-state index in [2.05, 4.69) is 13.2 Å². The van der Waals surface area contributed by atoms with Crippen molar-refractivity contribution < 1.29 is 10.2 Å². The highest BCUT2D eigenvalue weighted by molar-refractivity contribution is 4.62. The Labute approximate surface area is 82.6 Å².